The molecule has 2 rings (SSSR count). The Labute approximate surface area is 125 Å². The van der Waals surface area contributed by atoms with Crippen LogP contribution >= 0.6 is 0 Å². The Morgan fingerprint density at radius 1 is 1.05 bits per heavy atom. The van der Waals surface area contributed by atoms with Crippen molar-refractivity contribution < 1.29 is 18.1 Å². The fourth-order valence-corrected chi connectivity index (χ4v) is 1.67. The molecule has 0 aromatic heterocycles. The van der Waals surface area contributed by atoms with Crippen molar-refractivity contribution in [3.63, 3.8) is 0 Å². The van der Waals surface area contributed by atoms with Crippen molar-refractivity contribution in [3.8, 4) is 0 Å². The first-order valence-corrected chi connectivity index (χ1v) is 6.55. The molecule has 118 valence electrons. The molecule has 1 N–H and O–H groups in total. The Balaban J connectivity index is 0.00000116. The molecule has 0 aliphatic heterocycles. The highest BCUT2D eigenvalue weighted by Crippen LogP contribution is 2.32. The molecule has 0 aliphatic carbocycles. The average Bonchev–Trinajstić information content (AvgIpc) is 2.48. The number of nitro benzene ring substituents is 1. The van der Waals surface area contributed by atoms with Gasteiger partial charge in [0.15, 0.2) is 17.3 Å². The first kappa shape index (κ1) is 17.5. The molecule has 0 bridgehead atoms. The lowest BCUT2D eigenvalue weighted by atomic mass is 10.2. The highest BCUT2D eigenvalue weighted by molar-refractivity contribution is 5.70. The molecule has 0 amide bonds. The van der Waals surface area contributed by atoms with Gasteiger partial charge < -0.3 is 5.32 Å². The third-order valence-corrected chi connectivity index (χ3v) is 2.65. The van der Waals surface area contributed by atoms with E-state index in [0.717, 1.165) is 6.07 Å². The van der Waals surface area contributed by atoms with Crippen LogP contribution < -0.4 is 5.32 Å². The second kappa shape index (κ2) is 7.44. The van der Waals surface area contributed by atoms with Gasteiger partial charge in [0.1, 0.15) is 5.82 Å². The van der Waals surface area contributed by atoms with Crippen molar-refractivity contribution in [2.75, 3.05) is 5.32 Å². The normalized spacial score (nSPS) is 9.73. The molecule has 2 aromatic rings. The van der Waals surface area contributed by atoms with Crippen molar-refractivity contribution in [1.82, 2.24) is 0 Å². The average molecular weight is 312 g/mol. The maximum Gasteiger partial charge on any atom is 0.295 e. The van der Waals surface area contributed by atoms with Crippen LogP contribution in [0.4, 0.5) is 30.2 Å². The van der Waals surface area contributed by atoms with Crippen LogP contribution in [0, 0.1) is 34.5 Å². The quantitative estimate of drug-likeness (QED) is 0.634. The van der Waals surface area contributed by atoms with Gasteiger partial charge >= 0.3 is 0 Å². The van der Waals surface area contributed by atoms with Gasteiger partial charge in [0.05, 0.1) is 10.6 Å². The lowest BCUT2D eigenvalue weighted by molar-refractivity contribution is -0.384. The van der Waals surface area contributed by atoms with Gasteiger partial charge in [0.25, 0.3) is 5.69 Å². The van der Waals surface area contributed by atoms with Crippen LogP contribution in [0.5, 0.6) is 0 Å². The summed E-state index contributed by atoms with van der Waals surface area (Å²) >= 11 is 0. The number of hydrogen-bond acceptors (Lipinski definition) is 3. The van der Waals surface area contributed by atoms with E-state index in [2.05, 4.69) is 5.32 Å². The number of benzene rings is 2. The van der Waals surface area contributed by atoms with Gasteiger partial charge in [-0.15, -0.1) is 0 Å². The molecule has 4 nitrogen and oxygen atoms in total. The summed E-state index contributed by atoms with van der Waals surface area (Å²) in [5.74, 6) is -3.41. The van der Waals surface area contributed by atoms with Crippen molar-refractivity contribution in [2.24, 2.45) is 0 Å². The SMILES string of the molecule is CC.Cc1ccc(Nc2c([N+](=O)[O-])ccc(F)c2F)c(F)c1. The van der Waals surface area contributed by atoms with E-state index in [9.17, 15) is 23.3 Å². The van der Waals surface area contributed by atoms with Crippen LogP contribution in [0.2, 0.25) is 0 Å². The molecule has 2 aromatic carbocycles. The molecule has 0 atom stereocenters. The van der Waals surface area contributed by atoms with Crippen LogP contribution in [-0.4, -0.2) is 4.92 Å². The molecule has 0 heterocycles. The lowest BCUT2D eigenvalue weighted by Crippen LogP contribution is -2.03. The fourth-order valence-electron chi connectivity index (χ4n) is 1.67. The third-order valence-electron chi connectivity index (χ3n) is 2.65. The summed E-state index contributed by atoms with van der Waals surface area (Å²) in [6.45, 7) is 5.65. The number of aryl methyl sites for hydroxylation is 1. The van der Waals surface area contributed by atoms with E-state index in [1.165, 1.54) is 18.2 Å². The summed E-state index contributed by atoms with van der Waals surface area (Å²) in [5, 5.41) is 13.0. The minimum atomic E-state index is -1.43. The smallest absolute Gasteiger partial charge is 0.295 e. The molecule has 0 saturated carbocycles. The number of halogens is 3. The summed E-state index contributed by atoms with van der Waals surface area (Å²) < 4.78 is 40.5. The van der Waals surface area contributed by atoms with Crippen molar-refractivity contribution in [3.05, 3.63) is 63.5 Å². The van der Waals surface area contributed by atoms with Crippen LogP contribution in [0.1, 0.15) is 19.4 Å². The maximum atomic E-state index is 13.7. The number of anilines is 2. The fraction of sp³-hybridized carbons (Fsp3) is 0.200. The van der Waals surface area contributed by atoms with Crippen LogP contribution in [0.15, 0.2) is 30.3 Å². The summed E-state index contributed by atoms with van der Waals surface area (Å²) in [6.07, 6.45) is 0. The highest BCUT2D eigenvalue weighted by Gasteiger charge is 2.22. The summed E-state index contributed by atoms with van der Waals surface area (Å²) in [4.78, 5) is 9.92. The van der Waals surface area contributed by atoms with E-state index in [-0.39, 0.29) is 5.69 Å². The number of nitro groups is 1. The monoisotopic (exact) mass is 312 g/mol. The van der Waals surface area contributed by atoms with Crippen LogP contribution in [-0.2, 0) is 0 Å². The van der Waals surface area contributed by atoms with E-state index in [0.29, 0.717) is 11.6 Å². The zero-order chi connectivity index (χ0) is 16.9. The number of nitrogens with one attached hydrogen (secondary N) is 1. The number of rotatable bonds is 3. The molecule has 0 aliphatic rings. The van der Waals surface area contributed by atoms with Crippen LogP contribution in [0.25, 0.3) is 0 Å². The Bertz CT molecular complexity index is 691. The molecule has 0 radical (unpaired) electrons. The Hall–Kier alpha value is -2.57. The topological polar surface area (TPSA) is 55.2 Å². The number of nitrogens with zero attached hydrogens (tertiary/aromatic N) is 1. The van der Waals surface area contributed by atoms with Crippen molar-refractivity contribution >= 4 is 17.1 Å². The molecule has 0 fully saturated rings. The van der Waals surface area contributed by atoms with E-state index in [1.54, 1.807) is 6.92 Å². The Morgan fingerprint density at radius 2 is 1.68 bits per heavy atom. The summed E-state index contributed by atoms with van der Waals surface area (Å²) in [5.41, 5.74) is -0.938. The van der Waals surface area contributed by atoms with E-state index in [4.69, 9.17) is 0 Å². The van der Waals surface area contributed by atoms with Gasteiger partial charge in [-0.25, -0.2) is 13.2 Å². The van der Waals surface area contributed by atoms with Gasteiger partial charge in [-0.3, -0.25) is 10.1 Å². The van der Waals surface area contributed by atoms with Gasteiger partial charge in [0, 0.05) is 6.07 Å². The highest BCUT2D eigenvalue weighted by atomic mass is 19.2. The molecule has 0 unspecified atom stereocenters. The first-order chi connectivity index (χ1) is 10.4. The van der Waals surface area contributed by atoms with E-state index in [1.807, 2.05) is 13.8 Å². The predicted octanol–water partition coefficient (Wildman–Crippen LogP) is 5.09. The minimum Gasteiger partial charge on any atom is -0.345 e. The minimum absolute atomic E-state index is 0.178. The van der Waals surface area contributed by atoms with Gasteiger partial charge in [-0.2, -0.15) is 0 Å². The van der Waals surface area contributed by atoms with Gasteiger partial charge in [0.2, 0.25) is 0 Å². The molecular formula is C15H15F3N2O2. The Morgan fingerprint density at radius 3 is 2.23 bits per heavy atom. The number of hydrogen-bond donors (Lipinski definition) is 1. The van der Waals surface area contributed by atoms with Gasteiger partial charge in [-0.1, -0.05) is 19.9 Å². The van der Waals surface area contributed by atoms with Crippen molar-refractivity contribution in [2.45, 2.75) is 20.8 Å². The van der Waals surface area contributed by atoms with E-state index >= 15 is 0 Å². The zero-order valence-corrected chi connectivity index (χ0v) is 12.3. The second-order valence-electron chi connectivity index (χ2n) is 4.12. The molecular weight excluding hydrogens is 297 g/mol. The lowest BCUT2D eigenvalue weighted by Gasteiger charge is -2.10. The predicted molar refractivity (Wildman–Crippen MR) is 78.8 cm³/mol. The van der Waals surface area contributed by atoms with Crippen molar-refractivity contribution in [1.29, 1.82) is 0 Å². The largest absolute Gasteiger partial charge is 0.345 e. The molecule has 0 saturated heterocycles. The molecule has 22 heavy (non-hydrogen) atoms. The van der Waals surface area contributed by atoms with Crippen LogP contribution in [0.3, 0.4) is 0 Å². The molecule has 7 heteroatoms. The first-order valence-electron chi connectivity index (χ1n) is 6.55. The summed E-state index contributed by atoms with van der Waals surface area (Å²) in [7, 11) is 0. The summed E-state index contributed by atoms with van der Waals surface area (Å²) in [6, 6.07) is 5.45. The standard InChI is InChI=1S/C13H9F3N2O2.C2H6/c1-7-2-4-10(9(15)6-7)17-13-11(18(19)20)5-3-8(14)12(13)16;1-2/h2-6,17H,1H3;1-2H3. The maximum absolute atomic E-state index is 13.7. The van der Waals surface area contributed by atoms with E-state index < -0.39 is 33.7 Å². The van der Waals surface area contributed by atoms with Gasteiger partial charge in [-0.05, 0) is 30.7 Å². The second-order valence-corrected chi connectivity index (χ2v) is 4.12. The third kappa shape index (κ3) is 3.75. The zero-order valence-electron chi connectivity index (χ0n) is 12.3. The Kier molecular flexibility index (Phi) is 5.91. The molecule has 0 spiro atoms.